The first-order valence-corrected chi connectivity index (χ1v) is 12.3. The summed E-state index contributed by atoms with van der Waals surface area (Å²) in [5, 5.41) is 47.2. The Hall–Kier alpha value is -4.64. The lowest BCUT2D eigenvalue weighted by Gasteiger charge is -2.48. The van der Waals surface area contributed by atoms with Gasteiger partial charge in [0.15, 0.2) is 11.4 Å². The average molecular weight is 534 g/mol. The van der Waals surface area contributed by atoms with Crippen molar-refractivity contribution in [3.05, 3.63) is 81.8 Å². The first-order chi connectivity index (χ1) is 18.4. The summed E-state index contributed by atoms with van der Waals surface area (Å²) in [6.45, 7) is 0. The SMILES string of the molecule is CN(C)c1ccc(O)c2c1C[C@H]1C[C@H]3C(NC(=O)c4ccccc4)C(O)=C(C(N)=O)C(=O)[C@@]3(O)C(O)=C1C2=O. The van der Waals surface area contributed by atoms with Crippen molar-refractivity contribution in [1.82, 2.24) is 5.32 Å². The minimum Gasteiger partial charge on any atom is -0.509 e. The van der Waals surface area contributed by atoms with Crippen LogP contribution in [0.15, 0.2) is 65.1 Å². The van der Waals surface area contributed by atoms with Crippen molar-refractivity contribution >= 4 is 29.1 Å². The van der Waals surface area contributed by atoms with Crippen molar-refractivity contribution in [3.8, 4) is 5.75 Å². The van der Waals surface area contributed by atoms with Gasteiger partial charge in [-0.25, -0.2) is 0 Å². The zero-order valence-electron chi connectivity index (χ0n) is 21.1. The lowest BCUT2D eigenvalue weighted by Crippen LogP contribution is -2.64. The lowest BCUT2D eigenvalue weighted by atomic mass is 9.58. The summed E-state index contributed by atoms with van der Waals surface area (Å²) in [5.74, 6) is -8.47. The lowest BCUT2D eigenvalue weighted by molar-refractivity contribution is -0.146. The van der Waals surface area contributed by atoms with Crippen LogP contribution in [0.1, 0.15) is 32.7 Å². The summed E-state index contributed by atoms with van der Waals surface area (Å²) >= 11 is 0. The van der Waals surface area contributed by atoms with Crippen LogP contribution in [0.4, 0.5) is 5.69 Å². The molecule has 3 aliphatic rings. The van der Waals surface area contributed by atoms with Crippen molar-refractivity contribution in [2.24, 2.45) is 17.6 Å². The Balaban J connectivity index is 1.68. The Morgan fingerprint density at radius 2 is 1.72 bits per heavy atom. The predicted molar refractivity (Wildman–Crippen MR) is 138 cm³/mol. The molecule has 0 aromatic heterocycles. The Morgan fingerprint density at radius 3 is 2.33 bits per heavy atom. The third-order valence-corrected chi connectivity index (χ3v) is 7.86. The number of fused-ring (bicyclic) bond motifs is 3. The number of aliphatic hydroxyl groups is 3. The molecule has 202 valence electrons. The van der Waals surface area contributed by atoms with Crippen LogP contribution in [0.2, 0.25) is 0 Å². The molecule has 2 amide bonds. The van der Waals surface area contributed by atoms with Gasteiger partial charge in [0, 0.05) is 36.8 Å². The number of nitrogens with one attached hydrogen (secondary N) is 1. The highest BCUT2D eigenvalue weighted by Gasteiger charge is 2.63. The van der Waals surface area contributed by atoms with Gasteiger partial charge in [0.1, 0.15) is 22.8 Å². The maximum atomic E-state index is 13.7. The molecule has 0 heterocycles. The van der Waals surface area contributed by atoms with Crippen molar-refractivity contribution in [2.75, 3.05) is 19.0 Å². The van der Waals surface area contributed by atoms with E-state index in [1.165, 1.54) is 18.2 Å². The number of allylic oxidation sites excluding steroid dienone is 1. The third kappa shape index (κ3) is 3.68. The number of phenolic OH excluding ortho intramolecular Hbond substituents is 1. The van der Waals surface area contributed by atoms with E-state index >= 15 is 0 Å². The Kier molecular flexibility index (Phi) is 5.99. The number of benzene rings is 2. The van der Waals surface area contributed by atoms with Gasteiger partial charge in [-0.3, -0.25) is 19.2 Å². The second-order valence-corrected chi connectivity index (χ2v) is 10.2. The number of nitrogens with two attached hydrogens (primary N) is 1. The maximum Gasteiger partial charge on any atom is 0.255 e. The summed E-state index contributed by atoms with van der Waals surface area (Å²) in [6.07, 6.45) is 0.0147. The van der Waals surface area contributed by atoms with E-state index in [2.05, 4.69) is 5.32 Å². The highest BCUT2D eigenvalue weighted by molar-refractivity contribution is 6.25. The topological polar surface area (TPSA) is 190 Å². The molecule has 0 bridgehead atoms. The summed E-state index contributed by atoms with van der Waals surface area (Å²) in [6, 6.07) is 9.43. The van der Waals surface area contributed by atoms with E-state index in [9.17, 15) is 39.6 Å². The first-order valence-electron chi connectivity index (χ1n) is 12.3. The molecule has 0 saturated heterocycles. The van der Waals surface area contributed by atoms with Gasteiger partial charge in [0.2, 0.25) is 5.78 Å². The van der Waals surface area contributed by atoms with Gasteiger partial charge in [-0.15, -0.1) is 0 Å². The van der Waals surface area contributed by atoms with Crippen LogP contribution < -0.4 is 16.0 Å². The average Bonchev–Trinajstić information content (AvgIpc) is 2.88. The number of hydrogen-bond donors (Lipinski definition) is 6. The molecule has 0 fully saturated rings. The smallest absolute Gasteiger partial charge is 0.255 e. The second kappa shape index (κ2) is 8.98. The Morgan fingerprint density at radius 1 is 1.05 bits per heavy atom. The number of amides is 2. The molecule has 4 atom stereocenters. The number of phenols is 1. The molecule has 11 heteroatoms. The zero-order valence-corrected chi connectivity index (χ0v) is 21.1. The number of primary amides is 1. The molecule has 0 spiro atoms. The molecule has 0 saturated carbocycles. The molecule has 11 nitrogen and oxygen atoms in total. The van der Waals surface area contributed by atoms with Gasteiger partial charge in [0.05, 0.1) is 11.6 Å². The van der Waals surface area contributed by atoms with Crippen molar-refractivity contribution in [2.45, 2.75) is 24.5 Å². The number of carbonyl (C=O) groups is 4. The van der Waals surface area contributed by atoms with Crippen LogP contribution in [0.5, 0.6) is 5.75 Å². The molecule has 0 radical (unpaired) electrons. The zero-order chi connectivity index (χ0) is 28.4. The summed E-state index contributed by atoms with van der Waals surface area (Å²) in [4.78, 5) is 54.1. The number of ketones is 2. The van der Waals surface area contributed by atoms with E-state index in [-0.39, 0.29) is 35.3 Å². The number of aliphatic hydroxyl groups excluding tert-OH is 2. The van der Waals surface area contributed by atoms with Crippen molar-refractivity contribution in [3.63, 3.8) is 0 Å². The molecule has 5 rings (SSSR count). The standard InChI is InChI=1S/C28H27N3O8/c1-31(2)16-8-9-17(32)19-14(16)10-13-11-15-21(30-27(38)12-6-4-3-5-7-12)23(34)20(26(29)37)25(36)28(15,39)24(35)18(13)22(19)33/h3-9,13,15,21,32,34-35,39H,10-11H2,1-2H3,(H2,29,37)(H,30,38)/t13-,15-,21?,28-/m0/s1. The largest absolute Gasteiger partial charge is 0.509 e. The number of rotatable bonds is 4. The van der Waals surface area contributed by atoms with Crippen LogP contribution in [0.3, 0.4) is 0 Å². The first kappa shape index (κ1) is 26.0. The highest BCUT2D eigenvalue weighted by Crippen LogP contribution is 2.52. The van der Waals surface area contributed by atoms with Crippen molar-refractivity contribution < 1.29 is 39.6 Å². The molecule has 2 aromatic carbocycles. The number of carbonyl (C=O) groups excluding carboxylic acids is 4. The predicted octanol–water partition coefficient (Wildman–Crippen LogP) is 1.05. The van der Waals surface area contributed by atoms with E-state index < -0.39 is 64.0 Å². The molecule has 2 aromatic rings. The Bertz CT molecular complexity index is 1510. The Labute approximate surface area is 222 Å². The number of Topliss-reactive ketones (excluding diaryl/α,β-unsaturated/α-hetero) is 2. The summed E-state index contributed by atoms with van der Waals surface area (Å²) in [5.41, 5.74) is 2.56. The summed E-state index contributed by atoms with van der Waals surface area (Å²) in [7, 11) is 3.53. The van der Waals surface area contributed by atoms with Crippen LogP contribution in [-0.2, 0) is 16.0 Å². The normalized spacial score (nSPS) is 26.0. The van der Waals surface area contributed by atoms with Crippen LogP contribution in [-0.4, -0.2) is 69.5 Å². The molecule has 7 N–H and O–H groups in total. The quantitative estimate of drug-likeness (QED) is 0.312. The fourth-order valence-corrected chi connectivity index (χ4v) is 6.06. The van der Waals surface area contributed by atoms with Gasteiger partial charge in [-0.2, -0.15) is 0 Å². The molecule has 3 aliphatic carbocycles. The van der Waals surface area contributed by atoms with E-state index in [0.717, 1.165) is 0 Å². The molecule has 0 aliphatic heterocycles. The van der Waals surface area contributed by atoms with Gasteiger partial charge in [-0.05, 0) is 48.6 Å². The number of nitrogens with zero attached hydrogens (tertiary/aromatic N) is 1. The van der Waals surface area contributed by atoms with E-state index in [1.807, 2.05) is 0 Å². The van der Waals surface area contributed by atoms with Gasteiger partial charge >= 0.3 is 0 Å². The van der Waals surface area contributed by atoms with Crippen LogP contribution in [0.25, 0.3) is 0 Å². The van der Waals surface area contributed by atoms with Crippen molar-refractivity contribution in [1.29, 1.82) is 0 Å². The van der Waals surface area contributed by atoms with Gasteiger partial charge in [0.25, 0.3) is 11.8 Å². The number of hydrogen-bond acceptors (Lipinski definition) is 9. The van der Waals surface area contributed by atoms with Crippen LogP contribution in [0, 0.1) is 11.8 Å². The highest BCUT2D eigenvalue weighted by atomic mass is 16.3. The van der Waals surface area contributed by atoms with Gasteiger partial charge in [-0.1, -0.05) is 18.2 Å². The summed E-state index contributed by atoms with van der Waals surface area (Å²) < 4.78 is 0. The fourth-order valence-electron chi connectivity index (χ4n) is 6.06. The molecule has 39 heavy (non-hydrogen) atoms. The monoisotopic (exact) mass is 533 g/mol. The maximum absolute atomic E-state index is 13.7. The minimum atomic E-state index is -2.85. The third-order valence-electron chi connectivity index (χ3n) is 7.86. The molecular weight excluding hydrogens is 506 g/mol. The second-order valence-electron chi connectivity index (χ2n) is 10.2. The minimum absolute atomic E-state index is 0.0632. The van der Waals surface area contributed by atoms with E-state index in [4.69, 9.17) is 5.73 Å². The van der Waals surface area contributed by atoms with E-state index in [0.29, 0.717) is 11.3 Å². The number of anilines is 1. The van der Waals surface area contributed by atoms with Crippen LogP contribution >= 0.6 is 0 Å². The van der Waals surface area contributed by atoms with Gasteiger partial charge < -0.3 is 36.4 Å². The fraction of sp³-hybridized carbons (Fsp3) is 0.286. The molecule has 1 unspecified atom stereocenters. The number of aromatic hydroxyl groups is 1. The van der Waals surface area contributed by atoms with E-state index in [1.54, 1.807) is 43.3 Å². The molecular formula is C28H27N3O8.